The fourth-order valence-corrected chi connectivity index (χ4v) is 4.16. The summed E-state index contributed by atoms with van der Waals surface area (Å²) in [6.45, 7) is 3.01. The maximum atomic E-state index is 12.7. The molecule has 1 aromatic rings. The lowest BCUT2D eigenvalue weighted by molar-refractivity contribution is -0.137. The number of alkyl halides is 3. The first kappa shape index (κ1) is 17.3. The predicted octanol–water partition coefficient (Wildman–Crippen LogP) is 4.68. The molecule has 24 heavy (non-hydrogen) atoms. The molecule has 1 unspecified atom stereocenters. The van der Waals surface area contributed by atoms with Crippen LogP contribution < -0.4 is 0 Å². The van der Waals surface area contributed by atoms with Crippen molar-refractivity contribution in [1.82, 2.24) is 4.90 Å². The van der Waals surface area contributed by atoms with Crippen molar-refractivity contribution in [3.8, 4) is 0 Å². The second-order valence-corrected chi connectivity index (χ2v) is 7.25. The van der Waals surface area contributed by atoms with Crippen LogP contribution in [0.1, 0.15) is 50.2 Å². The molecule has 2 aliphatic rings. The summed E-state index contributed by atoms with van der Waals surface area (Å²) in [5.74, 6) is 0.650. The van der Waals surface area contributed by atoms with Gasteiger partial charge in [-0.2, -0.15) is 13.2 Å². The molecule has 1 aliphatic heterocycles. The largest absolute Gasteiger partial charge is 0.416 e. The molecule has 0 spiro atoms. The second-order valence-electron chi connectivity index (χ2n) is 7.25. The number of carbonyl (C=O) groups is 1. The fourth-order valence-electron chi connectivity index (χ4n) is 4.16. The standard InChI is InChI=1S/C19H24F3NO/c1-13-4-2-3-5-17(13)23-11-10-15(18(23)24)12-14-6-8-16(9-7-14)19(20,21)22/h6-9,13,15,17H,2-5,10-12H2,1H3/t13-,15?,17+/m0/s1. The highest BCUT2D eigenvalue weighted by molar-refractivity contribution is 5.81. The summed E-state index contributed by atoms with van der Waals surface area (Å²) in [6.07, 6.45) is 1.72. The number of hydrogen-bond acceptors (Lipinski definition) is 1. The molecular weight excluding hydrogens is 315 g/mol. The number of amides is 1. The molecule has 1 heterocycles. The molecule has 1 aliphatic carbocycles. The van der Waals surface area contributed by atoms with E-state index in [9.17, 15) is 18.0 Å². The van der Waals surface area contributed by atoms with Gasteiger partial charge < -0.3 is 4.90 Å². The molecule has 3 rings (SSSR count). The molecule has 5 heteroatoms. The van der Waals surface area contributed by atoms with Crippen LogP contribution in [-0.4, -0.2) is 23.4 Å². The van der Waals surface area contributed by atoms with E-state index in [1.54, 1.807) is 0 Å². The lowest BCUT2D eigenvalue weighted by Gasteiger charge is -2.36. The van der Waals surface area contributed by atoms with E-state index in [4.69, 9.17) is 0 Å². The molecule has 0 N–H and O–H groups in total. The van der Waals surface area contributed by atoms with Crippen LogP contribution in [0.15, 0.2) is 24.3 Å². The van der Waals surface area contributed by atoms with Crippen molar-refractivity contribution >= 4 is 5.91 Å². The van der Waals surface area contributed by atoms with E-state index in [2.05, 4.69) is 6.92 Å². The maximum Gasteiger partial charge on any atom is 0.416 e. The zero-order valence-electron chi connectivity index (χ0n) is 14.0. The van der Waals surface area contributed by atoms with Crippen molar-refractivity contribution in [3.05, 3.63) is 35.4 Å². The molecule has 3 atom stereocenters. The van der Waals surface area contributed by atoms with Gasteiger partial charge in [-0.15, -0.1) is 0 Å². The Balaban J connectivity index is 1.63. The number of carbonyl (C=O) groups excluding carboxylic acids is 1. The summed E-state index contributed by atoms with van der Waals surface area (Å²) < 4.78 is 37.9. The number of halogens is 3. The molecule has 1 saturated carbocycles. The van der Waals surface area contributed by atoms with Gasteiger partial charge in [0.1, 0.15) is 0 Å². The van der Waals surface area contributed by atoms with E-state index >= 15 is 0 Å². The molecule has 0 aromatic heterocycles. The van der Waals surface area contributed by atoms with Gasteiger partial charge in [0, 0.05) is 18.5 Å². The number of likely N-dealkylation sites (tertiary alicyclic amines) is 1. The Bertz CT molecular complexity index is 581. The van der Waals surface area contributed by atoms with E-state index in [-0.39, 0.29) is 11.8 Å². The van der Waals surface area contributed by atoms with Crippen LogP contribution in [0.4, 0.5) is 13.2 Å². The quantitative estimate of drug-likeness (QED) is 0.783. The van der Waals surface area contributed by atoms with Crippen molar-refractivity contribution in [2.24, 2.45) is 11.8 Å². The van der Waals surface area contributed by atoms with Crippen LogP contribution in [0.5, 0.6) is 0 Å². The SMILES string of the molecule is C[C@H]1CCCC[C@H]1N1CCC(Cc2ccc(C(F)(F)F)cc2)C1=O. The van der Waals surface area contributed by atoms with Crippen LogP contribution in [-0.2, 0) is 17.4 Å². The third-order valence-corrected chi connectivity index (χ3v) is 5.58. The summed E-state index contributed by atoms with van der Waals surface area (Å²) in [7, 11) is 0. The molecule has 1 aromatic carbocycles. The first-order valence-corrected chi connectivity index (χ1v) is 8.83. The zero-order chi connectivity index (χ0) is 17.3. The Hall–Kier alpha value is -1.52. The van der Waals surface area contributed by atoms with E-state index in [0.717, 1.165) is 37.1 Å². The van der Waals surface area contributed by atoms with Gasteiger partial charge >= 0.3 is 6.18 Å². The van der Waals surface area contributed by atoms with Crippen LogP contribution in [0, 0.1) is 11.8 Å². The summed E-state index contributed by atoms with van der Waals surface area (Å²) in [5.41, 5.74) is 0.168. The van der Waals surface area contributed by atoms with Gasteiger partial charge in [-0.05, 0) is 49.3 Å². The highest BCUT2D eigenvalue weighted by Crippen LogP contribution is 2.34. The van der Waals surface area contributed by atoms with E-state index in [1.807, 2.05) is 4.90 Å². The lowest BCUT2D eigenvalue weighted by Crippen LogP contribution is -2.43. The van der Waals surface area contributed by atoms with Gasteiger partial charge in [0.15, 0.2) is 0 Å². The van der Waals surface area contributed by atoms with Gasteiger partial charge in [0.25, 0.3) is 0 Å². The van der Waals surface area contributed by atoms with Crippen molar-refractivity contribution in [2.45, 2.75) is 57.7 Å². The topological polar surface area (TPSA) is 20.3 Å². The molecule has 132 valence electrons. The predicted molar refractivity (Wildman–Crippen MR) is 86.4 cm³/mol. The minimum atomic E-state index is -4.31. The third-order valence-electron chi connectivity index (χ3n) is 5.58. The van der Waals surface area contributed by atoms with Crippen LogP contribution >= 0.6 is 0 Å². The molecule has 0 radical (unpaired) electrons. The van der Waals surface area contributed by atoms with Crippen molar-refractivity contribution < 1.29 is 18.0 Å². The smallest absolute Gasteiger partial charge is 0.339 e. The minimum absolute atomic E-state index is 0.0872. The molecule has 0 bridgehead atoms. The minimum Gasteiger partial charge on any atom is -0.339 e. The average molecular weight is 339 g/mol. The summed E-state index contributed by atoms with van der Waals surface area (Å²) in [6, 6.07) is 5.57. The van der Waals surface area contributed by atoms with Crippen molar-refractivity contribution in [1.29, 1.82) is 0 Å². The summed E-state index contributed by atoms with van der Waals surface area (Å²) in [5, 5.41) is 0. The van der Waals surface area contributed by atoms with Gasteiger partial charge in [0.05, 0.1) is 5.56 Å². The Labute approximate surface area is 141 Å². The monoisotopic (exact) mass is 339 g/mol. The highest BCUT2D eigenvalue weighted by Gasteiger charge is 2.38. The molecule has 1 amide bonds. The Morgan fingerprint density at radius 1 is 1.08 bits per heavy atom. The van der Waals surface area contributed by atoms with Gasteiger partial charge in [-0.25, -0.2) is 0 Å². The first-order valence-electron chi connectivity index (χ1n) is 8.83. The highest BCUT2D eigenvalue weighted by atomic mass is 19.4. The normalized spacial score (nSPS) is 28.4. The summed E-state index contributed by atoms with van der Waals surface area (Å²) >= 11 is 0. The first-order chi connectivity index (χ1) is 11.4. The molecule has 1 saturated heterocycles. The lowest BCUT2D eigenvalue weighted by atomic mass is 9.85. The van der Waals surface area contributed by atoms with Gasteiger partial charge in [0.2, 0.25) is 5.91 Å². The van der Waals surface area contributed by atoms with E-state index in [0.29, 0.717) is 18.4 Å². The zero-order valence-corrected chi connectivity index (χ0v) is 14.0. The second kappa shape index (κ2) is 6.77. The third kappa shape index (κ3) is 3.60. The van der Waals surface area contributed by atoms with Gasteiger partial charge in [-0.1, -0.05) is 31.9 Å². The van der Waals surface area contributed by atoms with E-state index < -0.39 is 11.7 Å². The van der Waals surface area contributed by atoms with Crippen LogP contribution in [0.2, 0.25) is 0 Å². The Morgan fingerprint density at radius 3 is 2.38 bits per heavy atom. The van der Waals surface area contributed by atoms with E-state index in [1.165, 1.54) is 31.4 Å². The molecule has 2 nitrogen and oxygen atoms in total. The average Bonchev–Trinajstić information content (AvgIpc) is 2.88. The number of rotatable bonds is 3. The van der Waals surface area contributed by atoms with Gasteiger partial charge in [-0.3, -0.25) is 4.79 Å². The Kier molecular flexibility index (Phi) is 4.88. The fraction of sp³-hybridized carbons (Fsp3) is 0.632. The van der Waals surface area contributed by atoms with Crippen molar-refractivity contribution in [3.63, 3.8) is 0 Å². The number of benzene rings is 1. The number of hydrogen-bond donors (Lipinski definition) is 0. The summed E-state index contributed by atoms with van der Waals surface area (Å²) in [4.78, 5) is 14.8. The van der Waals surface area contributed by atoms with Crippen molar-refractivity contribution in [2.75, 3.05) is 6.54 Å². The maximum absolute atomic E-state index is 12.7. The van der Waals surface area contributed by atoms with Crippen LogP contribution in [0.25, 0.3) is 0 Å². The number of nitrogens with zero attached hydrogens (tertiary/aromatic N) is 1. The Morgan fingerprint density at radius 2 is 1.75 bits per heavy atom. The molecular formula is C19H24F3NO. The molecule has 2 fully saturated rings. The van der Waals surface area contributed by atoms with Crippen LogP contribution in [0.3, 0.4) is 0 Å².